The van der Waals surface area contributed by atoms with Crippen molar-refractivity contribution >= 4 is 11.0 Å². The normalized spacial score (nSPS) is 11.0. The van der Waals surface area contributed by atoms with Crippen molar-refractivity contribution in [3.05, 3.63) is 52.6 Å². The Hall–Kier alpha value is -2.36. The summed E-state index contributed by atoms with van der Waals surface area (Å²) in [6, 6.07) is 7.25. The summed E-state index contributed by atoms with van der Waals surface area (Å²) in [6.45, 7) is 1.79. The van der Waals surface area contributed by atoms with Crippen molar-refractivity contribution < 1.29 is 4.42 Å². The highest BCUT2D eigenvalue weighted by molar-refractivity contribution is 5.81. The number of aryl methyl sites for hydroxylation is 2. The minimum absolute atomic E-state index is 0.0383. The molecule has 18 heavy (non-hydrogen) atoms. The molecule has 0 spiro atoms. The third-order valence-corrected chi connectivity index (χ3v) is 3.02. The predicted molar refractivity (Wildman–Crippen MR) is 69.4 cm³/mol. The van der Waals surface area contributed by atoms with Crippen LogP contribution in [0.4, 0.5) is 0 Å². The summed E-state index contributed by atoms with van der Waals surface area (Å²) in [6.07, 6.45) is 3.48. The van der Waals surface area contributed by atoms with E-state index in [0.717, 1.165) is 0 Å². The lowest BCUT2D eigenvalue weighted by Crippen LogP contribution is -2.10. The standard InChI is InChI=1S/C14H12N2O2/c1-9-12(14-15-7-8-16(14)2)13(17)10-5-3-4-6-11(10)18-9/h3-8H,1-2H3. The first kappa shape index (κ1) is 10.8. The Morgan fingerprint density at radius 1 is 1.28 bits per heavy atom. The number of imidazole rings is 1. The largest absolute Gasteiger partial charge is 0.460 e. The van der Waals surface area contributed by atoms with Crippen LogP contribution in [-0.2, 0) is 7.05 Å². The fourth-order valence-electron chi connectivity index (χ4n) is 2.12. The molecule has 0 N–H and O–H groups in total. The Labute approximate surface area is 104 Å². The van der Waals surface area contributed by atoms with E-state index >= 15 is 0 Å². The number of fused-ring (bicyclic) bond motifs is 1. The van der Waals surface area contributed by atoms with Gasteiger partial charge in [0, 0.05) is 19.4 Å². The molecule has 0 radical (unpaired) electrons. The topological polar surface area (TPSA) is 48.0 Å². The summed E-state index contributed by atoms with van der Waals surface area (Å²) in [5.74, 6) is 1.22. The third-order valence-electron chi connectivity index (χ3n) is 3.02. The molecule has 0 aliphatic heterocycles. The molecule has 4 nitrogen and oxygen atoms in total. The van der Waals surface area contributed by atoms with Gasteiger partial charge in [-0.05, 0) is 19.1 Å². The molecule has 0 aliphatic carbocycles. The van der Waals surface area contributed by atoms with Gasteiger partial charge >= 0.3 is 0 Å². The van der Waals surface area contributed by atoms with Crippen LogP contribution in [0.2, 0.25) is 0 Å². The zero-order valence-electron chi connectivity index (χ0n) is 10.2. The molecule has 0 unspecified atom stereocenters. The average Bonchev–Trinajstić information content (AvgIpc) is 2.76. The molecular weight excluding hydrogens is 228 g/mol. The van der Waals surface area contributed by atoms with Gasteiger partial charge in [0.15, 0.2) is 0 Å². The summed E-state index contributed by atoms with van der Waals surface area (Å²) < 4.78 is 7.51. The number of aromatic nitrogens is 2. The lowest BCUT2D eigenvalue weighted by atomic mass is 10.1. The molecule has 0 fully saturated rings. The van der Waals surface area contributed by atoms with E-state index in [0.29, 0.717) is 28.1 Å². The minimum atomic E-state index is -0.0383. The highest BCUT2D eigenvalue weighted by Gasteiger charge is 2.16. The van der Waals surface area contributed by atoms with Gasteiger partial charge in [-0.1, -0.05) is 12.1 Å². The zero-order chi connectivity index (χ0) is 12.7. The molecule has 0 saturated carbocycles. The fourth-order valence-corrected chi connectivity index (χ4v) is 2.12. The van der Waals surface area contributed by atoms with Crippen LogP contribution in [0.3, 0.4) is 0 Å². The van der Waals surface area contributed by atoms with Crippen LogP contribution >= 0.6 is 0 Å². The van der Waals surface area contributed by atoms with Gasteiger partial charge in [-0.3, -0.25) is 4.79 Å². The van der Waals surface area contributed by atoms with E-state index in [9.17, 15) is 4.79 Å². The van der Waals surface area contributed by atoms with Crippen molar-refractivity contribution in [2.24, 2.45) is 7.05 Å². The highest BCUT2D eigenvalue weighted by Crippen LogP contribution is 2.21. The number of rotatable bonds is 1. The summed E-state index contributed by atoms with van der Waals surface area (Å²) in [4.78, 5) is 16.7. The van der Waals surface area contributed by atoms with Gasteiger partial charge in [0.25, 0.3) is 0 Å². The average molecular weight is 240 g/mol. The number of benzene rings is 1. The second-order valence-electron chi connectivity index (χ2n) is 4.22. The first-order valence-corrected chi connectivity index (χ1v) is 5.68. The van der Waals surface area contributed by atoms with E-state index in [1.165, 1.54) is 0 Å². The van der Waals surface area contributed by atoms with Gasteiger partial charge in [0.2, 0.25) is 5.43 Å². The van der Waals surface area contributed by atoms with Crippen LogP contribution in [0.5, 0.6) is 0 Å². The Kier molecular flexibility index (Phi) is 2.30. The number of hydrogen-bond acceptors (Lipinski definition) is 3. The molecule has 0 aliphatic rings. The summed E-state index contributed by atoms with van der Waals surface area (Å²) in [7, 11) is 1.86. The monoisotopic (exact) mass is 240 g/mol. The molecule has 1 aromatic carbocycles. The smallest absolute Gasteiger partial charge is 0.203 e. The lowest BCUT2D eigenvalue weighted by molar-refractivity contribution is 0.566. The molecule has 0 atom stereocenters. The Bertz CT molecular complexity index is 784. The second kappa shape index (κ2) is 3.84. The van der Waals surface area contributed by atoms with Crippen LogP contribution in [0.25, 0.3) is 22.4 Å². The Morgan fingerprint density at radius 3 is 2.78 bits per heavy atom. The zero-order valence-corrected chi connectivity index (χ0v) is 10.2. The highest BCUT2D eigenvalue weighted by atomic mass is 16.3. The lowest BCUT2D eigenvalue weighted by Gasteiger charge is -2.06. The summed E-state index contributed by atoms with van der Waals surface area (Å²) in [5, 5.41) is 0.584. The van der Waals surface area contributed by atoms with Crippen LogP contribution in [0, 0.1) is 6.92 Å². The molecule has 0 saturated heterocycles. The van der Waals surface area contributed by atoms with Crippen molar-refractivity contribution in [2.45, 2.75) is 6.92 Å². The molecule has 3 rings (SSSR count). The van der Waals surface area contributed by atoms with E-state index in [1.54, 1.807) is 25.3 Å². The van der Waals surface area contributed by atoms with Crippen molar-refractivity contribution in [2.75, 3.05) is 0 Å². The van der Waals surface area contributed by atoms with Gasteiger partial charge in [0.1, 0.15) is 22.7 Å². The van der Waals surface area contributed by atoms with Crippen LogP contribution in [0.15, 0.2) is 45.9 Å². The van der Waals surface area contributed by atoms with E-state index in [-0.39, 0.29) is 5.43 Å². The van der Waals surface area contributed by atoms with Crippen molar-refractivity contribution in [1.29, 1.82) is 0 Å². The van der Waals surface area contributed by atoms with Gasteiger partial charge < -0.3 is 8.98 Å². The maximum Gasteiger partial charge on any atom is 0.203 e. The summed E-state index contributed by atoms with van der Waals surface area (Å²) in [5.41, 5.74) is 1.10. The van der Waals surface area contributed by atoms with Gasteiger partial charge in [-0.25, -0.2) is 4.98 Å². The maximum atomic E-state index is 12.5. The molecule has 2 heterocycles. The number of hydrogen-bond donors (Lipinski definition) is 0. The van der Waals surface area contributed by atoms with E-state index < -0.39 is 0 Å². The Morgan fingerprint density at radius 2 is 2.06 bits per heavy atom. The van der Waals surface area contributed by atoms with Crippen molar-refractivity contribution in [3.8, 4) is 11.4 Å². The molecule has 90 valence electrons. The predicted octanol–water partition coefficient (Wildman–Crippen LogP) is 2.50. The van der Waals surface area contributed by atoms with Crippen molar-refractivity contribution in [3.63, 3.8) is 0 Å². The van der Waals surface area contributed by atoms with Gasteiger partial charge in [0.05, 0.1) is 5.39 Å². The van der Waals surface area contributed by atoms with E-state index in [2.05, 4.69) is 4.98 Å². The van der Waals surface area contributed by atoms with Crippen LogP contribution in [-0.4, -0.2) is 9.55 Å². The first-order chi connectivity index (χ1) is 8.68. The molecule has 0 bridgehead atoms. The van der Waals surface area contributed by atoms with E-state index in [1.807, 2.05) is 29.9 Å². The van der Waals surface area contributed by atoms with Crippen molar-refractivity contribution in [1.82, 2.24) is 9.55 Å². The quantitative estimate of drug-likeness (QED) is 0.656. The second-order valence-corrected chi connectivity index (χ2v) is 4.22. The maximum absolute atomic E-state index is 12.5. The first-order valence-electron chi connectivity index (χ1n) is 5.68. The Balaban J connectivity index is 2.44. The molecule has 4 heteroatoms. The SMILES string of the molecule is Cc1oc2ccccc2c(=O)c1-c1nccn1C. The fraction of sp³-hybridized carbons (Fsp3) is 0.143. The molecule has 2 aromatic heterocycles. The van der Waals surface area contributed by atoms with Crippen LogP contribution in [0.1, 0.15) is 5.76 Å². The molecule has 3 aromatic rings. The van der Waals surface area contributed by atoms with E-state index in [4.69, 9.17) is 4.42 Å². The summed E-state index contributed by atoms with van der Waals surface area (Å²) >= 11 is 0. The number of nitrogens with zero attached hydrogens (tertiary/aromatic N) is 2. The van der Waals surface area contributed by atoms with Gasteiger partial charge in [-0.15, -0.1) is 0 Å². The minimum Gasteiger partial charge on any atom is -0.460 e. The van der Waals surface area contributed by atoms with Gasteiger partial charge in [-0.2, -0.15) is 0 Å². The third kappa shape index (κ3) is 1.46. The molecule has 0 amide bonds. The number of para-hydroxylation sites is 1. The van der Waals surface area contributed by atoms with Crippen LogP contribution < -0.4 is 5.43 Å². The molecular formula is C14H12N2O2.